The van der Waals surface area contributed by atoms with E-state index >= 15 is 0 Å². The molecule has 0 radical (unpaired) electrons. The summed E-state index contributed by atoms with van der Waals surface area (Å²) in [6, 6.07) is 3.67. The fourth-order valence-corrected chi connectivity index (χ4v) is 2.44. The molecule has 5 nitrogen and oxygen atoms in total. The highest BCUT2D eigenvalue weighted by molar-refractivity contribution is 6.33. The van der Waals surface area contributed by atoms with Gasteiger partial charge in [0.2, 0.25) is 0 Å². The van der Waals surface area contributed by atoms with Gasteiger partial charge in [0.15, 0.2) is 0 Å². The SMILES string of the molecule is O=C(O)CC1CCN(C(=O)Nc2c(F)cccc2Cl)C1. The second-order valence-corrected chi connectivity index (χ2v) is 5.13. The van der Waals surface area contributed by atoms with Crippen molar-refractivity contribution in [1.29, 1.82) is 0 Å². The summed E-state index contributed by atoms with van der Waals surface area (Å²) in [6.45, 7) is 0.806. The van der Waals surface area contributed by atoms with Gasteiger partial charge in [0.05, 0.1) is 10.7 Å². The summed E-state index contributed by atoms with van der Waals surface area (Å²) >= 11 is 5.83. The summed E-state index contributed by atoms with van der Waals surface area (Å²) in [4.78, 5) is 24.1. The van der Waals surface area contributed by atoms with Crippen molar-refractivity contribution in [3.63, 3.8) is 0 Å². The van der Waals surface area contributed by atoms with Crippen LogP contribution in [0.4, 0.5) is 14.9 Å². The van der Waals surface area contributed by atoms with E-state index in [0.717, 1.165) is 0 Å². The molecule has 1 saturated heterocycles. The molecule has 1 heterocycles. The van der Waals surface area contributed by atoms with Gasteiger partial charge in [0.1, 0.15) is 5.82 Å². The van der Waals surface area contributed by atoms with Gasteiger partial charge in [-0.3, -0.25) is 4.79 Å². The Labute approximate surface area is 120 Å². The summed E-state index contributed by atoms with van der Waals surface area (Å²) in [7, 11) is 0. The maximum atomic E-state index is 13.6. The van der Waals surface area contributed by atoms with Crippen LogP contribution >= 0.6 is 11.6 Å². The molecule has 0 bridgehead atoms. The Morgan fingerprint density at radius 2 is 2.25 bits per heavy atom. The average Bonchev–Trinajstić information content (AvgIpc) is 2.81. The zero-order chi connectivity index (χ0) is 14.7. The van der Waals surface area contributed by atoms with Gasteiger partial charge in [-0.2, -0.15) is 0 Å². The van der Waals surface area contributed by atoms with E-state index in [2.05, 4.69) is 5.32 Å². The number of para-hydroxylation sites is 1. The van der Waals surface area contributed by atoms with Gasteiger partial charge in [0.25, 0.3) is 0 Å². The molecular weight excluding hydrogens is 287 g/mol. The minimum absolute atomic E-state index is 0.0320. The van der Waals surface area contributed by atoms with Crippen LogP contribution in [0.3, 0.4) is 0 Å². The van der Waals surface area contributed by atoms with Crippen LogP contribution in [0, 0.1) is 11.7 Å². The van der Waals surface area contributed by atoms with E-state index < -0.39 is 17.8 Å². The van der Waals surface area contributed by atoms with Crippen molar-refractivity contribution in [2.75, 3.05) is 18.4 Å². The monoisotopic (exact) mass is 300 g/mol. The number of likely N-dealkylation sites (tertiary alicyclic amines) is 1. The molecule has 7 heteroatoms. The van der Waals surface area contributed by atoms with Crippen molar-refractivity contribution in [2.24, 2.45) is 5.92 Å². The van der Waals surface area contributed by atoms with Crippen molar-refractivity contribution in [3.8, 4) is 0 Å². The molecule has 1 atom stereocenters. The van der Waals surface area contributed by atoms with Gasteiger partial charge in [-0.1, -0.05) is 17.7 Å². The molecule has 1 fully saturated rings. The fourth-order valence-electron chi connectivity index (χ4n) is 2.23. The topological polar surface area (TPSA) is 69.6 Å². The van der Waals surface area contributed by atoms with E-state index in [1.54, 1.807) is 0 Å². The van der Waals surface area contributed by atoms with Crippen LogP contribution in [-0.4, -0.2) is 35.1 Å². The molecule has 0 spiro atoms. The van der Waals surface area contributed by atoms with Crippen molar-refractivity contribution in [1.82, 2.24) is 4.90 Å². The van der Waals surface area contributed by atoms with Crippen LogP contribution in [0.5, 0.6) is 0 Å². The number of carbonyl (C=O) groups excluding carboxylic acids is 1. The number of carboxylic acid groups (broad SMARTS) is 1. The molecular formula is C13H14ClFN2O3. The van der Waals surface area contributed by atoms with Crippen LogP contribution in [-0.2, 0) is 4.79 Å². The summed E-state index contributed by atoms with van der Waals surface area (Å²) in [5.41, 5.74) is -0.0548. The number of nitrogens with zero attached hydrogens (tertiary/aromatic N) is 1. The zero-order valence-electron chi connectivity index (χ0n) is 10.6. The van der Waals surface area contributed by atoms with Crippen molar-refractivity contribution in [2.45, 2.75) is 12.8 Å². The quantitative estimate of drug-likeness (QED) is 0.902. The Hall–Kier alpha value is -1.82. The maximum Gasteiger partial charge on any atom is 0.321 e. The number of rotatable bonds is 3. The lowest BCUT2D eigenvalue weighted by Crippen LogP contribution is -2.33. The molecule has 2 rings (SSSR count). The predicted molar refractivity (Wildman–Crippen MR) is 72.4 cm³/mol. The Bertz CT molecular complexity index is 518. The predicted octanol–water partition coefficient (Wildman–Crippen LogP) is 2.81. The molecule has 0 aliphatic carbocycles. The normalized spacial score (nSPS) is 18.1. The van der Waals surface area contributed by atoms with Gasteiger partial charge in [-0.15, -0.1) is 0 Å². The second kappa shape index (κ2) is 6.09. The van der Waals surface area contributed by atoms with Gasteiger partial charge in [-0.05, 0) is 24.5 Å². The molecule has 1 unspecified atom stereocenters. The summed E-state index contributed by atoms with van der Waals surface area (Å²) in [5, 5.41) is 11.3. The molecule has 0 aromatic heterocycles. The van der Waals surface area contributed by atoms with Crippen molar-refractivity contribution < 1.29 is 19.1 Å². The Morgan fingerprint density at radius 3 is 2.90 bits per heavy atom. The van der Waals surface area contributed by atoms with Gasteiger partial charge in [0, 0.05) is 19.5 Å². The molecule has 1 aromatic carbocycles. The van der Waals surface area contributed by atoms with Crippen LogP contribution < -0.4 is 5.32 Å². The molecule has 108 valence electrons. The number of nitrogens with one attached hydrogen (secondary N) is 1. The van der Waals surface area contributed by atoms with Crippen molar-refractivity contribution in [3.05, 3.63) is 29.0 Å². The van der Waals surface area contributed by atoms with E-state index in [4.69, 9.17) is 16.7 Å². The molecule has 2 N–H and O–H groups in total. The summed E-state index contributed by atoms with van der Waals surface area (Å²) in [5.74, 6) is -1.55. The highest BCUT2D eigenvalue weighted by Gasteiger charge is 2.28. The first-order chi connectivity index (χ1) is 9.47. The third-order valence-electron chi connectivity index (χ3n) is 3.23. The zero-order valence-corrected chi connectivity index (χ0v) is 11.4. The number of aliphatic carboxylic acids is 1. The van der Waals surface area contributed by atoms with E-state index in [9.17, 15) is 14.0 Å². The maximum absolute atomic E-state index is 13.6. The molecule has 1 aliphatic heterocycles. The lowest BCUT2D eigenvalue weighted by Gasteiger charge is -2.18. The van der Waals surface area contributed by atoms with Crippen LogP contribution in [0.1, 0.15) is 12.8 Å². The largest absolute Gasteiger partial charge is 0.481 e. The Morgan fingerprint density at radius 1 is 1.50 bits per heavy atom. The lowest BCUT2D eigenvalue weighted by molar-refractivity contribution is -0.138. The number of amides is 2. The fraction of sp³-hybridized carbons (Fsp3) is 0.385. The number of hydrogen-bond donors (Lipinski definition) is 2. The minimum atomic E-state index is -0.880. The number of urea groups is 1. The van der Waals surface area contributed by atoms with Crippen LogP contribution in [0.15, 0.2) is 18.2 Å². The number of anilines is 1. The van der Waals surface area contributed by atoms with Crippen LogP contribution in [0.25, 0.3) is 0 Å². The highest BCUT2D eigenvalue weighted by atomic mass is 35.5. The average molecular weight is 301 g/mol. The first-order valence-electron chi connectivity index (χ1n) is 6.19. The molecule has 0 saturated carbocycles. The molecule has 2 amide bonds. The van der Waals surface area contributed by atoms with Crippen LogP contribution in [0.2, 0.25) is 5.02 Å². The van der Waals surface area contributed by atoms with Gasteiger partial charge >= 0.3 is 12.0 Å². The minimum Gasteiger partial charge on any atom is -0.481 e. The standard InChI is InChI=1S/C13H14ClFN2O3/c14-9-2-1-3-10(15)12(9)16-13(20)17-5-4-8(7-17)6-11(18)19/h1-3,8H,4-7H2,(H,16,20)(H,18,19). The van der Waals surface area contributed by atoms with E-state index in [1.165, 1.54) is 23.1 Å². The van der Waals surface area contributed by atoms with E-state index in [1.807, 2.05) is 0 Å². The first-order valence-corrected chi connectivity index (χ1v) is 6.57. The lowest BCUT2D eigenvalue weighted by atomic mass is 10.1. The smallest absolute Gasteiger partial charge is 0.321 e. The summed E-state index contributed by atoms with van der Waals surface area (Å²) < 4.78 is 13.6. The number of carboxylic acids is 1. The Balaban J connectivity index is 1.98. The third kappa shape index (κ3) is 3.39. The third-order valence-corrected chi connectivity index (χ3v) is 3.55. The molecule has 1 aromatic rings. The highest BCUT2D eigenvalue weighted by Crippen LogP contribution is 2.26. The Kier molecular flexibility index (Phi) is 4.44. The first kappa shape index (κ1) is 14.6. The van der Waals surface area contributed by atoms with E-state index in [-0.39, 0.29) is 23.0 Å². The number of benzene rings is 1. The number of halogens is 2. The van der Waals surface area contributed by atoms with Gasteiger partial charge in [-0.25, -0.2) is 9.18 Å². The molecule has 1 aliphatic rings. The second-order valence-electron chi connectivity index (χ2n) is 4.73. The van der Waals surface area contributed by atoms with E-state index in [0.29, 0.717) is 19.5 Å². The summed E-state index contributed by atoms with van der Waals surface area (Å²) in [6.07, 6.45) is 0.662. The number of carbonyl (C=O) groups is 2. The number of hydrogen-bond acceptors (Lipinski definition) is 2. The van der Waals surface area contributed by atoms with Gasteiger partial charge < -0.3 is 15.3 Å². The molecule has 20 heavy (non-hydrogen) atoms. The van der Waals surface area contributed by atoms with Crippen molar-refractivity contribution >= 4 is 29.3 Å².